The second-order valence-corrected chi connectivity index (χ2v) is 6.68. The van der Waals surface area contributed by atoms with Crippen molar-refractivity contribution in [1.29, 1.82) is 0 Å². The molecule has 7 heteroatoms. The van der Waals surface area contributed by atoms with Crippen molar-refractivity contribution < 1.29 is 4.74 Å². The maximum atomic E-state index is 5.31. The number of methoxy groups -OCH3 is 1. The van der Waals surface area contributed by atoms with E-state index in [0.29, 0.717) is 0 Å². The van der Waals surface area contributed by atoms with Gasteiger partial charge in [-0.15, -0.1) is 27.2 Å². The van der Waals surface area contributed by atoms with Crippen molar-refractivity contribution in [3.05, 3.63) is 59.7 Å². The first kappa shape index (κ1) is 18.7. The van der Waals surface area contributed by atoms with Gasteiger partial charge in [0, 0.05) is 11.3 Å². The van der Waals surface area contributed by atoms with Crippen molar-refractivity contribution >= 4 is 34.5 Å². The fourth-order valence-electron chi connectivity index (χ4n) is 2.74. The molecule has 0 spiro atoms. The Kier molecular flexibility index (Phi) is 5.78. The molecular formula is C19H19BrN4OS. The first-order valence-electron chi connectivity index (χ1n) is 8.18. The van der Waals surface area contributed by atoms with E-state index in [0.717, 1.165) is 45.7 Å². The number of thioether (sulfide) groups is 1. The Morgan fingerprint density at radius 3 is 2.62 bits per heavy atom. The Hall–Kier alpha value is -2.12. The zero-order valence-electron chi connectivity index (χ0n) is 14.5. The fraction of sp³-hybridized carbons (Fsp3) is 0.211. The van der Waals surface area contributed by atoms with Gasteiger partial charge in [0.15, 0.2) is 5.82 Å². The molecule has 0 saturated carbocycles. The number of rotatable bonds is 4. The molecule has 0 unspecified atom stereocenters. The molecule has 1 aliphatic heterocycles. The Balaban J connectivity index is 0.00000196. The summed E-state index contributed by atoms with van der Waals surface area (Å²) in [5, 5.41) is 14.2. The largest absolute Gasteiger partial charge is 0.497 e. The number of hydrogen-bond donors (Lipinski definition) is 0. The van der Waals surface area contributed by atoms with E-state index in [4.69, 9.17) is 9.84 Å². The normalized spacial score (nSPS) is 12.8. The second kappa shape index (κ2) is 8.05. The van der Waals surface area contributed by atoms with Gasteiger partial charge in [0.05, 0.1) is 12.8 Å². The summed E-state index contributed by atoms with van der Waals surface area (Å²) in [7, 11) is 1.66. The van der Waals surface area contributed by atoms with Crippen LogP contribution >= 0.6 is 28.7 Å². The molecule has 5 nitrogen and oxygen atoms in total. The molecule has 4 rings (SSSR count). The molecular weight excluding hydrogens is 412 g/mol. The minimum absolute atomic E-state index is 0. The van der Waals surface area contributed by atoms with Crippen LogP contribution in [0.25, 0.3) is 11.4 Å². The van der Waals surface area contributed by atoms with Crippen LogP contribution in [0, 0.1) is 0 Å². The average molecular weight is 431 g/mol. The minimum atomic E-state index is 0. The minimum Gasteiger partial charge on any atom is -0.497 e. The average Bonchev–Trinajstić information content (AvgIpc) is 3.11. The molecule has 0 N–H and O–H groups in total. The van der Waals surface area contributed by atoms with Gasteiger partial charge in [0.2, 0.25) is 5.16 Å². The fourth-order valence-corrected chi connectivity index (χ4v) is 3.58. The van der Waals surface area contributed by atoms with Crippen LogP contribution in [0.1, 0.15) is 18.1 Å². The molecule has 0 saturated heterocycles. The summed E-state index contributed by atoms with van der Waals surface area (Å²) in [6, 6.07) is 16.4. The summed E-state index contributed by atoms with van der Waals surface area (Å²) in [6.45, 7) is 2.16. The molecule has 2 aromatic carbocycles. The van der Waals surface area contributed by atoms with E-state index in [1.54, 1.807) is 18.9 Å². The number of ether oxygens (including phenoxy) is 1. The lowest BCUT2D eigenvalue weighted by Gasteiger charge is -2.14. The van der Waals surface area contributed by atoms with E-state index >= 15 is 0 Å². The van der Waals surface area contributed by atoms with Gasteiger partial charge in [-0.1, -0.05) is 55.1 Å². The van der Waals surface area contributed by atoms with E-state index in [-0.39, 0.29) is 17.0 Å². The monoisotopic (exact) mass is 430 g/mol. The number of aromatic nitrogens is 3. The van der Waals surface area contributed by atoms with Crippen molar-refractivity contribution in [3.63, 3.8) is 0 Å². The van der Waals surface area contributed by atoms with Gasteiger partial charge in [0.1, 0.15) is 5.75 Å². The zero-order valence-corrected chi connectivity index (χ0v) is 17.1. The highest BCUT2D eigenvalue weighted by molar-refractivity contribution is 8.93. The lowest BCUT2D eigenvalue weighted by molar-refractivity contribution is 0.415. The molecule has 0 aliphatic carbocycles. The first-order valence-corrected chi connectivity index (χ1v) is 9.17. The number of halogens is 1. The molecule has 0 bridgehead atoms. The van der Waals surface area contributed by atoms with Crippen molar-refractivity contribution in [2.45, 2.75) is 18.5 Å². The van der Waals surface area contributed by atoms with Crippen molar-refractivity contribution in [2.75, 3.05) is 12.9 Å². The third-order valence-electron chi connectivity index (χ3n) is 4.19. The lowest BCUT2D eigenvalue weighted by Crippen LogP contribution is -2.13. The topological polar surface area (TPSA) is 52.3 Å². The molecule has 0 amide bonds. The molecule has 0 atom stereocenters. The Labute approximate surface area is 167 Å². The number of hydrogen-bond acceptors (Lipinski definition) is 5. The van der Waals surface area contributed by atoms with Crippen LogP contribution in [-0.4, -0.2) is 33.4 Å². The van der Waals surface area contributed by atoms with Crippen LogP contribution in [0.4, 0.5) is 0 Å². The third-order valence-corrected chi connectivity index (χ3v) is 5.12. The van der Waals surface area contributed by atoms with Gasteiger partial charge >= 0.3 is 0 Å². The Morgan fingerprint density at radius 2 is 1.88 bits per heavy atom. The van der Waals surface area contributed by atoms with E-state index in [9.17, 15) is 0 Å². The van der Waals surface area contributed by atoms with E-state index in [1.807, 2.05) is 28.9 Å². The molecule has 0 fully saturated rings. The summed E-state index contributed by atoms with van der Waals surface area (Å²) >= 11 is 1.65. The SMILES string of the molecule is Br.CCc1ccc(C2=Nn3c(nnc3-c3cccc(OC)c3)SC2)cc1. The van der Waals surface area contributed by atoms with Crippen molar-refractivity contribution in [3.8, 4) is 17.1 Å². The highest BCUT2D eigenvalue weighted by atomic mass is 79.9. The first-order chi connectivity index (χ1) is 12.3. The van der Waals surface area contributed by atoms with Crippen molar-refractivity contribution in [1.82, 2.24) is 14.9 Å². The molecule has 1 aliphatic rings. The number of benzene rings is 2. The number of fused-ring (bicyclic) bond motifs is 1. The van der Waals surface area contributed by atoms with Gasteiger partial charge in [0.25, 0.3) is 0 Å². The highest BCUT2D eigenvalue weighted by Gasteiger charge is 2.20. The highest BCUT2D eigenvalue weighted by Crippen LogP contribution is 2.29. The molecule has 26 heavy (non-hydrogen) atoms. The Morgan fingerprint density at radius 1 is 1.08 bits per heavy atom. The van der Waals surface area contributed by atoms with E-state index < -0.39 is 0 Å². The van der Waals surface area contributed by atoms with Gasteiger partial charge in [-0.3, -0.25) is 0 Å². The Bertz CT molecular complexity index is 937. The quantitative estimate of drug-likeness (QED) is 0.613. The second-order valence-electron chi connectivity index (χ2n) is 5.74. The van der Waals surface area contributed by atoms with Crippen LogP contribution < -0.4 is 4.74 Å². The summed E-state index contributed by atoms with van der Waals surface area (Å²) in [6.07, 6.45) is 1.04. The van der Waals surface area contributed by atoms with E-state index in [2.05, 4.69) is 41.4 Å². The maximum Gasteiger partial charge on any atom is 0.212 e. The van der Waals surface area contributed by atoms with Crippen LogP contribution in [0.15, 0.2) is 58.8 Å². The van der Waals surface area contributed by atoms with Crippen LogP contribution in [0.3, 0.4) is 0 Å². The van der Waals surface area contributed by atoms with Crippen molar-refractivity contribution in [2.24, 2.45) is 5.10 Å². The summed E-state index contributed by atoms with van der Waals surface area (Å²) in [5.41, 5.74) is 4.43. The van der Waals surface area contributed by atoms with Gasteiger partial charge < -0.3 is 4.74 Å². The zero-order chi connectivity index (χ0) is 17.2. The smallest absolute Gasteiger partial charge is 0.212 e. The van der Waals surface area contributed by atoms with Crippen LogP contribution in [0.2, 0.25) is 0 Å². The third kappa shape index (κ3) is 3.54. The molecule has 0 radical (unpaired) electrons. The predicted octanol–water partition coefficient (Wildman–Crippen LogP) is 4.45. The molecule has 3 aromatic rings. The molecule has 1 aromatic heterocycles. The predicted molar refractivity (Wildman–Crippen MR) is 111 cm³/mol. The van der Waals surface area contributed by atoms with Crippen LogP contribution in [0.5, 0.6) is 5.75 Å². The summed E-state index contributed by atoms with van der Waals surface area (Å²) in [4.78, 5) is 0. The number of aryl methyl sites for hydroxylation is 1. The molecule has 134 valence electrons. The molecule has 2 heterocycles. The van der Waals surface area contributed by atoms with Gasteiger partial charge in [-0.2, -0.15) is 9.78 Å². The van der Waals surface area contributed by atoms with Gasteiger partial charge in [-0.05, 0) is 29.7 Å². The van der Waals surface area contributed by atoms with Gasteiger partial charge in [-0.25, -0.2) is 0 Å². The van der Waals surface area contributed by atoms with E-state index in [1.165, 1.54) is 5.56 Å². The standard InChI is InChI=1S/C19H18N4OS.BrH/c1-3-13-7-9-14(10-8-13)17-12-25-19-21-20-18(23(19)22-17)15-5-4-6-16(11-15)24-2;/h4-11H,3,12H2,1-2H3;1H. The van der Waals surface area contributed by atoms with Crippen LogP contribution in [-0.2, 0) is 6.42 Å². The summed E-state index contributed by atoms with van der Waals surface area (Å²) in [5.74, 6) is 2.31. The summed E-state index contributed by atoms with van der Waals surface area (Å²) < 4.78 is 7.14. The lowest BCUT2D eigenvalue weighted by atomic mass is 10.1. The maximum absolute atomic E-state index is 5.31. The number of nitrogens with zero attached hydrogens (tertiary/aromatic N) is 4.